The van der Waals surface area contributed by atoms with Gasteiger partial charge in [-0.1, -0.05) is 0 Å². The van der Waals surface area contributed by atoms with Crippen molar-refractivity contribution in [3.63, 3.8) is 0 Å². The van der Waals surface area contributed by atoms with Gasteiger partial charge < -0.3 is 24.4 Å². The molecule has 1 aliphatic heterocycles. The Bertz CT molecular complexity index is 1030. The van der Waals surface area contributed by atoms with Gasteiger partial charge in [0.15, 0.2) is 0 Å². The third kappa shape index (κ3) is 4.49. The Morgan fingerprint density at radius 3 is 2.97 bits per heavy atom. The van der Waals surface area contributed by atoms with Crippen molar-refractivity contribution in [1.29, 1.82) is 0 Å². The number of rotatable bonds is 4. The second-order valence-electron chi connectivity index (χ2n) is 7.29. The number of H-pyrrole nitrogens is 1. The largest absolute Gasteiger partial charge is 0.494 e. The summed E-state index contributed by atoms with van der Waals surface area (Å²) in [5.74, 6) is 0.774. The van der Waals surface area contributed by atoms with Gasteiger partial charge in [0.25, 0.3) is 0 Å². The predicted octanol–water partition coefficient (Wildman–Crippen LogP) is 3.32. The fourth-order valence-electron chi connectivity index (χ4n) is 3.43. The summed E-state index contributed by atoms with van der Waals surface area (Å²) in [7, 11) is 3.69. The van der Waals surface area contributed by atoms with E-state index in [2.05, 4.69) is 26.5 Å². The van der Waals surface area contributed by atoms with Crippen LogP contribution < -0.4 is 15.0 Å². The number of amides is 1. The smallest absolute Gasteiger partial charge is 0.407 e. The number of benzene rings is 2. The molecule has 8 heteroatoms. The summed E-state index contributed by atoms with van der Waals surface area (Å²) in [5, 5.41) is 11.4. The Morgan fingerprint density at radius 2 is 2.10 bits per heavy atom. The van der Waals surface area contributed by atoms with Crippen molar-refractivity contribution in [3.05, 3.63) is 42.0 Å². The van der Waals surface area contributed by atoms with Gasteiger partial charge in [0, 0.05) is 43.9 Å². The summed E-state index contributed by atoms with van der Waals surface area (Å²) in [6, 6.07) is 12.0. The number of carbonyl (C=O) groups is 1. The lowest BCUT2D eigenvalue weighted by Gasteiger charge is -2.21. The SMILES string of the molecule is COCCN(C)c1cc2cc(c1)-c1n[nH]c3ccc(cc13)OCCCNC(=O)OC2. The van der Waals surface area contributed by atoms with E-state index >= 15 is 0 Å². The number of carbonyl (C=O) groups excluding carboxylic acids is 1. The van der Waals surface area contributed by atoms with Crippen molar-refractivity contribution in [2.24, 2.45) is 0 Å². The summed E-state index contributed by atoms with van der Waals surface area (Å²) in [5.41, 5.74) is 4.60. The summed E-state index contributed by atoms with van der Waals surface area (Å²) >= 11 is 0. The van der Waals surface area contributed by atoms with E-state index in [1.54, 1.807) is 7.11 Å². The maximum Gasteiger partial charge on any atom is 0.407 e. The molecule has 0 saturated heterocycles. The van der Waals surface area contributed by atoms with Crippen LogP contribution in [-0.2, 0) is 16.1 Å². The fraction of sp³-hybridized carbons (Fsp3) is 0.364. The topological polar surface area (TPSA) is 88.7 Å². The highest BCUT2D eigenvalue weighted by Crippen LogP contribution is 2.32. The number of hydrogen-bond acceptors (Lipinski definition) is 6. The molecule has 1 aromatic heterocycles. The summed E-state index contributed by atoms with van der Waals surface area (Å²) in [6.45, 7) is 2.51. The molecule has 0 aliphatic carbocycles. The number of aromatic nitrogens is 2. The van der Waals surface area contributed by atoms with Crippen LogP contribution in [0.25, 0.3) is 22.2 Å². The summed E-state index contributed by atoms with van der Waals surface area (Å²) in [6.07, 6.45) is 0.250. The number of nitrogens with one attached hydrogen (secondary N) is 2. The lowest BCUT2D eigenvalue weighted by Crippen LogP contribution is -2.26. The number of aromatic amines is 1. The molecule has 0 saturated carbocycles. The monoisotopic (exact) mass is 410 g/mol. The number of methoxy groups -OCH3 is 1. The van der Waals surface area contributed by atoms with Crippen LogP contribution in [0.15, 0.2) is 36.4 Å². The Hall–Kier alpha value is -3.26. The van der Waals surface area contributed by atoms with Crippen LogP contribution in [0.5, 0.6) is 5.75 Å². The zero-order valence-electron chi connectivity index (χ0n) is 17.2. The molecule has 2 aromatic carbocycles. The molecule has 0 atom stereocenters. The number of likely N-dealkylation sites (N-methyl/N-ethyl adjacent to an activating group) is 1. The van der Waals surface area contributed by atoms with Gasteiger partial charge in [0.1, 0.15) is 18.1 Å². The minimum absolute atomic E-state index is 0.175. The van der Waals surface area contributed by atoms with Crippen molar-refractivity contribution in [2.45, 2.75) is 13.0 Å². The summed E-state index contributed by atoms with van der Waals surface area (Å²) in [4.78, 5) is 14.1. The molecule has 4 bridgehead atoms. The fourth-order valence-corrected chi connectivity index (χ4v) is 3.43. The highest BCUT2D eigenvalue weighted by atomic mass is 16.5. The Labute approximate surface area is 175 Å². The van der Waals surface area contributed by atoms with Gasteiger partial charge in [-0.15, -0.1) is 0 Å². The lowest BCUT2D eigenvalue weighted by atomic mass is 10.0. The molecule has 0 radical (unpaired) electrons. The van der Waals surface area contributed by atoms with Crippen molar-refractivity contribution in [1.82, 2.24) is 15.5 Å². The maximum absolute atomic E-state index is 12.0. The van der Waals surface area contributed by atoms with E-state index in [0.717, 1.165) is 45.7 Å². The van der Waals surface area contributed by atoms with Crippen molar-refractivity contribution < 1.29 is 19.0 Å². The van der Waals surface area contributed by atoms with Crippen molar-refractivity contribution in [2.75, 3.05) is 45.4 Å². The number of cyclic esters (lactones) is 1. The number of alkyl carbamates (subject to hydrolysis) is 1. The molecule has 30 heavy (non-hydrogen) atoms. The Kier molecular flexibility index (Phi) is 6.04. The average molecular weight is 410 g/mol. The zero-order chi connectivity index (χ0) is 20.9. The van der Waals surface area contributed by atoms with Gasteiger partial charge in [-0.25, -0.2) is 4.79 Å². The molecule has 0 unspecified atom stereocenters. The third-order valence-corrected chi connectivity index (χ3v) is 5.09. The summed E-state index contributed by atoms with van der Waals surface area (Å²) < 4.78 is 16.5. The Morgan fingerprint density at radius 1 is 1.20 bits per heavy atom. The molecular formula is C22H26N4O4. The highest BCUT2D eigenvalue weighted by Gasteiger charge is 2.14. The quantitative estimate of drug-likeness (QED) is 0.686. The molecule has 8 nitrogen and oxygen atoms in total. The predicted molar refractivity (Wildman–Crippen MR) is 115 cm³/mol. The van der Waals surface area contributed by atoms with Gasteiger partial charge in [-0.05, 0) is 48.4 Å². The van der Waals surface area contributed by atoms with Crippen LogP contribution in [0.1, 0.15) is 12.0 Å². The highest BCUT2D eigenvalue weighted by molar-refractivity contribution is 5.94. The standard InChI is InChI=1S/C22H26N4O4/c1-26(7-9-28-2)17-11-15-10-16(12-17)21-19-13-18(4-5-20(19)24-25-21)29-8-3-6-23-22(27)30-14-15/h4-5,10-13H,3,6-9,14H2,1-2H3,(H,23,27)(H,24,25). The molecule has 1 aliphatic rings. The first-order valence-electron chi connectivity index (χ1n) is 10.00. The van der Waals surface area contributed by atoms with E-state index in [9.17, 15) is 4.79 Å². The van der Waals surface area contributed by atoms with E-state index in [4.69, 9.17) is 14.2 Å². The van der Waals surface area contributed by atoms with E-state index in [-0.39, 0.29) is 6.61 Å². The molecule has 2 heterocycles. The molecule has 158 valence electrons. The van der Waals surface area contributed by atoms with Crippen molar-refractivity contribution >= 4 is 22.7 Å². The number of ether oxygens (including phenoxy) is 3. The van der Waals surface area contributed by atoms with Crippen LogP contribution in [0.3, 0.4) is 0 Å². The van der Waals surface area contributed by atoms with Gasteiger partial charge in [-0.3, -0.25) is 5.10 Å². The molecule has 4 rings (SSSR count). The first kappa shape index (κ1) is 20.0. The second kappa shape index (κ2) is 9.04. The van der Waals surface area contributed by atoms with Gasteiger partial charge in [0.05, 0.1) is 18.7 Å². The van der Waals surface area contributed by atoms with E-state index in [1.807, 2.05) is 37.4 Å². The van der Waals surface area contributed by atoms with Gasteiger partial charge in [-0.2, -0.15) is 5.10 Å². The van der Waals surface area contributed by atoms with Crippen LogP contribution in [0.4, 0.5) is 10.5 Å². The van der Waals surface area contributed by atoms with Crippen LogP contribution in [0.2, 0.25) is 0 Å². The third-order valence-electron chi connectivity index (χ3n) is 5.09. The molecule has 0 fully saturated rings. The van der Waals surface area contributed by atoms with Crippen molar-refractivity contribution in [3.8, 4) is 17.0 Å². The molecule has 2 N–H and O–H groups in total. The minimum Gasteiger partial charge on any atom is -0.494 e. The average Bonchev–Trinajstić information content (AvgIpc) is 3.18. The zero-order valence-corrected chi connectivity index (χ0v) is 17.2. The van der Waals surface area contributed by atoms with Crippen LogP contribution >= 0.6 is 0 Å². The molecule has 3 aromatic rings. The number of nitrogens with zero attached hydrogens (tertiary/aromatic N) is 2. The first-order chi connectivity index (χ1) is 14.6. The number of fused-ring (bicyclic) bond motifs is 4. The molecular weight excluding hydrogens is 384 g/mol. The molecule has 1 amide bonds. The second-order valence-corrected chi connectivity index (χ2v) is 7.29. The van der Waals surface area contributed by atoms with E-state index in [1.165, 1.54) is 0 Å². The maximum atomic E-state index is 12.0. The van der Waals surface area contributed by atoms with E-state index in [0.29, 0.717) is 26.2 Å². The first-order valence-corrected chi connectivity index (χ1v) is 10.00. The molecule has 0 spiro atoms. The van der Waals surface area contributed by atoms with Crippen LogP contribution in [-0.4, -0.2) is 56.8 Å². The minimum atomic E-state index is -0.438. The van der Waals surface area contributed by atoms with Gasteiger partial charge >= 0.3 is 6.09 Å². The lowest BCUT2D eigenvalue weighted by molar-refractivity contribution is 0.139. The normalized spacial score (nSPS) is 14.4. The van der Waals surface area contributed by atoms with E-state index < -0.39 is 6.09 Å². The number of hydrogen-bond donors (Lipinski definition) is 2. The number of anilines is 1. The van der Waals surface area contributed by atoms with Gasteiger partial charge in [0.2, 0.25) is 0 Å². The van der Waals surface area contributed by atoms with Crippen LogP contribution in [0, 0.1) is 0 Å². The Balaban J connectivity index is 1.78.